The average Bonchev–Trinajstić information content (AvgIpc) is 3.09. The van der Waals surface area contributed by atoms with E-state index in [1.54, 1.807) is 23.1 Å². The smallest absolute Gasteiger partial charge is 0.270 e. The van der Waals surface area contributed by atoms with Crippen molar-refractivity contribution in [3.8, 4) is 0 Å². The van der Waals surface area contributed by atoms with Gasteiger partial charge in [-0.25, -0.2) is 0 Å². The number of fused-ring (bicyclic) bond motifs is 1. The summed E-state index contributed by atoms with van der Waals surface area (Å²) >= 11 is 12.1. The Balaban J connectivity index is 1.89. The molecular weight excluding hydrogens is 313 g/mol. The highest BCUT2D eigenvalue weighted by atomic mass is 35.5. The van der Waals surface area contributed by atoms with Crippen LogP contribution in [0.25, 0.3) is 10.9 Å². The van der Waals surface area contributed by atoms with Gasteiger partial charge in [0.15, 0.2) is 0 Å². The minimum atomic E-state index is -0.364. The molecule has 1 fully saturated rings. The van der Waals surface area contributed by atoms with Gasteiger partial charge in [-0.15, -0.1) is 0 Å². The number of nitrogens with one attached hydrogen (secondary N) is 1. The standard InChI is InChI=1S/C14H13Cl2N3O2/c15-9-1-2-10-8(12(9)16)5-11(18-10)14(21)19-4-3-7(6-19)13(17)20/h1-2,5,7,18H,3-4,6H2,(H2,17,20)/t7-/m1/s1. The van der Waals surface area contributed by atoms with Gasteiger partial charge in [-0.2, -0.15) is 0 Å². The number of likely N-dealkylation sites (tertiary alicyclic amines) is 1. The molecule has 1 aliphatic heterocycles. The molecule has 2 aromatic rings. The topological polar surface area (TPSA) is 79.2 Å². The molecule has 1 aliphatic rings. The fourth-order valence-electron chi connectivity index (χ4n) is 2.60. The fraction of sp³-hybridized carbons (Fsp3) is 0.286. The van der Waals surface area contributed by atoms with Crippen LogP contribution >= 0.6 is 23.2 Å². The van der Waals surface area contributed by atoms with E-state index in [-0.39, 0.29) is 17.7 Å². The molecule has 110 valence electrons. The van der Waals surface area contributed by atoms with Crippen molar-refractivity contribution < 1.29 is 9.59 Å². The Morgan fingerprint density at radius 1 is 1.33 bits per heavy atom. The van der Waals surface area contributed by atoms with Crippen LogP contribution in [0.5, 0.6) is 0 Å². The molecule has 2 amide bonds. The lowest BCUT2D eigenvalue weighted by molar-refractivity contribution is -0.121. The minimum Gasteiger partial charge on any atom is -0.369 e. The Morgan fingerprint density at radius 3 is 2.76 bits per heavy atom. The number of nitrogens with two attached hydrogens (primary N) is 1. The maximum absolute atomic E-state index is 12.4. The summed E-state index contributed by atoms with van der Waals surface area (Å²) < 4.78 is 0. The third-order valence-corrected chi connectivity index (χ3v) is 4.62. The maximum atomic E-state index is 12.4. The average molecular weight is 326 g/mol. The molecule has 1 atom stereocenters. The molecule has 2 heterocycles. The molecule has 1 aromatic carbocycles. The lowest BCUT2D eigenvalue weighted by Crippen LogP contribution is -2.31. The number of nitrogens with zero attached hydrogens (tertiary/aromatic N) is 1. The summed E-state index contributed by atoms with van der Waals surface area (Å²) in [7, 11) is 0. The summed E-state index contributed by atoms with van der Waals surface area (Å²) in [6.07, 6.45) is 0.605. The number of amides is 2. The van der Waals surface area contributed by atoms with E-state index in [1.165, 1.54) is 0 Å². The molecule has 1 aromatic heterocycles. The van der Waals surface area contributed by atoms with Crippen molar-refractivity contribution in [1.82, 2.24) is 9.88 Å². The number of rotatable bonds is 2. The van der Waals surface area contributed by atoms with E-state index in [0.717, 1.165) is 5.52 Å². The lowest BCUT2D eigenvalue weighted by atomic mass is 10.1. The number of benzene rings is 1. The number of primary amides is 1. The predicted molar refractivity (Wildman–Crippen MR) is 81.5 cm³/mol. The quantitative estimate of drug-likeness (QED) is 0.889. The van der Waals surface area contributed by atoms with Crippen LogP contribution in [-0.4, -0.2) is 34.8 Å². The summed E-state index contributed by atoms with van der Waals surface area (Å²) in [6, 6.07) is 5.13. The predicted octanol–water partition coefficient (Wildman–Crippen LogP) is 2.42. The minimum absolute atomic E-state index is 0.165. The van der Waals surface area contributed by atoms with Crippen molar-refractivity contribution in [3.63, 3.8) is 0 Å². The van der Waals surface area contributed by atoms with Crippen LogP contribution in [0, 0.1) is 5.92 Å². The Bertz CT molecular complexity index is 741. The van der Waals surface area contributed by atoms with Gasteiger partial charge in [0.05, 0.1) is 16.0 Å². The molecule has 3 rings (SSSR count). The van der Waals surface area contributed by atoms with Crippen molar-refractivity contribution in [2.24, 2.45) is 11.7 Å². The summed E-state index contributed by atoms with van der Waals surface area (Å²) in [4.78, 5) is 28.3. The Morgan fingerprint density at radius 2 is 2.10 bits per heavy atom. The van der Waals surface area contributed by atoms with Crippen LogP contribution in [0.1, 0.15) is 16.9 Å². The SMILES string of the molecule is NC(=O)[C@@H]1CCN(C(=O)c2cc3c(Cl)c(Cl)ccc3[nH]2)C1. The van der Waals surface area contributed by atoms with E-state index < -0.39 is 0 Å². The summed E-state index contributed by atoms with van der Waals surface area (Å²) in [5.74, 6) is -0.796. The molecule has 0 bridgehead atoms. The van der Waals surface area contributed by atoms with Crippen LogP contribution in [0.3, 0.4) is 0 Å². The van der Waals surface area contributed by atoms with Crippen molar-refractivity contribution in [3.05, 3.63) is 33.9 Å². The van der Waals surface area contributed by atoms with Gasteiger partial charge in [0, 0.05) is 24.0 Å². The van der Waals surface area contributed by atoms with Gasteiger partial charge < -0.3 is 15.6 Å². The van der Waals surface area contributed by atoms with Crippen LogP contribution in [0.4, 0.5) is 0 Å². The fourth-order valence-corrected chi connectivity index (χ4v) is 2.99. The molecule has 0 saturated carbocycles. The number of aromatic amines is 1. The Kier molecular flexibility index (Phi) is 3.55. The number of aromatic nitrogens is 1. The molecule has 3 N–H and O–H groups in total. The van der Waals surface area contributed by atoms with E-state index in [2.05, 4.69) is 4.98 Å². The van der Waals surface area contributed by atoms with E-state index in [0.29, 0.717) is 40.6 Å². The zero-order valence-corrected chi connectivity index (χ0v) is 12.5. The number of hydrogen-bond donors (Lipinski definition) is 2. The first kappa shape index (κ1) is 14.2. The van der Waals surface area contributed by atoms with Gasteiger partial charge in [0.2, 0.25) is 5.91 Å². The number of carbonyl (C=O) groups is 2. The highest BCUT2D eigenvalue weighted by molar-refractivity contribution is 6.45. The van der Waals surface area contributed by atoms with E-state index in [4.69, 9.17) is 28.9 Å². The first-order valence-corrected chi connectivity index (χ1v) is 7.28. The van der Waals surface area contributed by atoms with Crippen LogP contribution in [0.15, 0.2) is 18.2 Å². The zero-order valence-electron chi connectivity index (χ0n) is 11.0. The van der Waals surface area contributed by atoms with Crippen molar-refractivity contribution in [2.45, 2.75) is 6.42 Å². The second kappa shape index (κ2) is 5.24. The first-order chi connectivity index (χ1) is 9.97. The molecule has 0 radical (unpaired) electrons. The first-order valence-electron chi connectivity index (χ1n) is 6.52. The van der Waals surface area contributed by atoms with Crippen LogP contribution in [0.2, 0.25) is 10.0 Å². The molecule has 1 saturated heterocycles. The van der Waals surface area contributed by atoms with Gasteiger partial charge in [-0.05, 0) is 24.6 Å². The normalized spacial score (nSPS) is 18.4. The molecule has 0 aliphatic carbocycles. The highest BCUT2D eigenvalue weighted by Gasteiger charge is 2.30. The third kappa shape index (κ3) is 2.47. The number of halogens is 2. The third-order valence-electron chi connectivity index (χ3n) is 3.80. The second-order valence-corrected chi connectivity index (χ2v) is 5.93. The summed E-state index contributed by atoms with van der Waals surface area (Å²) in [6.45, 7) is 0.883. The van der Waals surface area contributed by atoms with E-state index in [9.17, 15) is 9.59 Å². The monoisotopic (exact) mass is 325 g/mol. The Labute approximate surface area is 131 Å². The maximum Gasteiger partial charge on any atom is 0.270 e. The van der Waals surface area contributed by atoms with Gasteiger partial charge in [-0.3, -0.25) is 9.59 Å². The molecule has 0 unspecified atom stereocenters. The lowest BCUT2D eigenvalue weighted by Gasteiger charge is -2.14. The van der Waals surface area contributed by atoms with Crippen molar-refractivity contribution in [1.29, 1.82) is 0 Å². The molecule has 5 nitrogen and oxygen atoms in total. The Hall–Kier alpha value is -1.72. The molecule has 21 heavy (non-hydrogen) atoms. The largest absolute Gasteiger partial charge is 0.369 e. The van der Waals surface area contributed by atoms with Crippen molar-refractivity contribution >= 4 is 45.9 Å². The number of hydrogen-bond acceptors (Lipinski definition) is 2. The molecule has 0 spiro atoms. The van der Waals surface area contributed by atoms with E-state index in [1.807, 2.05) is 0 Å². The van der Waals surface area contributed by atoms with E-state index >= 15 is 0 Å². The zero-order chi connectivity index (χ0) is 15.1. The molecular formula is C14H13Cl2N3O2. The number of carbonyl (C=O) groups excluding carboxylic acids is 2. The number of H-pyrrole nitrogens is 1. The van der Waals surface area contributed by atoms with Gasteiger partial charge >= 0.3 is 0 Å². The van der Waals surface area contributed by atoms with Gasteiger partial charge in [-0.1, -0.05) is 23.2 Å². The summed E-state index contributed by atoms with van der Waals surface area (Å²) in [5.41, 5.74) is 6.46. The highest BCUT2D eigenvalue weighted by Crippen LogP contribution is 2.31. The van der Waals surface area contributed by atoms with Gasteiger partial charge in [0.1, 0.15) is 5.69 Å². The van der Waals surface area contributed by atoms with Crippen LogP contribution in [-0.2, 0) is 4.79 Å². The van der Waals surface area contributed by atoms with Crippen LogP contribution < -0.4 is 5.73 Å². The van der Waals surface area contributed by atoms with Gasteiger partial charge in [0.25, 0.3) is 5.91 Å². The molecule has 7 heteroatoms. The summed E-state index contributed by atoms with van der Waals surface area (Å²) in [5, 5.41) is 1.57. The second-order valence-electron chi connectivity index (χ2n) is 5.14. The van der Waals surface area contributed by atoms with Crippen molar-refractivity contribution in [2.75, 3.05) is 13.1 Å².